The highest BCUT2D eigenvalue weighted by Gasteiger charge is 2.19. The fourth-order valence-corrected chi connectivity index (χ4v) is 4.60. The van der Waals surface area contributed by atoms with E-state index in [2.05, 4.69) is 22.0 Å². The summed E-state index contributed by atoms with van der Waals surface area (Å²) in [5.41, 5.74) is 3.47. The lowest BCUT2D eigenvalue weighted by atomic mass is 9.90. The van der Waals surface area contributed by atoms with Crippen molar-refractivity contribution in [3.63, 3.8) is 0 Å². The van der Waals surface area contributed by atoms with Crippen LogP contribution in [0.4, 0.5) is 4.39 Å². The van der Waals surface area contributed by atoms with Crippen molar-refractivity contribution in [3.8, 4) is 0 Å². The zero-order valence-corrected chi connectivity index (χ0v) is 15.5. The van der Waals surface area contributed by atoms with Crippen LogP contribution in [0.25, 0.3) is 10.2 Å². The summed E-state index contributed by atoms with van der Waals surface area (Å²) in [6, 6.07) is 13.2. The molecule has 1 fully saturated rings. The van der Waals surface area contributed by atoms with E-state index in [4.69, 9.17) is 0 Å². The number of likely N-dealkylation sites (tertiary alicyclic amines) is 1. The third-order valence-electron chi connectivity index (χ3n) is 5.35. The molecule has 1 aromatic heterocycles. The standard InChI is InChI=1S/C21H23FN2OS/c22-18-4-1-15(2-5-18)13-17-8-11-24(12-9-17)10-7-16-3-6-19-20(14-16)26-21(25)23-19/h1-6,14,17H,7-13H2,(H,23,25). The zero-order valence-electron chi connectivity index (χ0n) is 14.7. The van der Waals surface area contributed by atoms with Crippen LogP contribution in [0, 0.1) is 11.7 Å². The normalized spacial score (nSPS) is 16.3. The molecule has 2 heterocycles. The Morgan fingerprint density at radius 2 is 1.81 bits per heavy atom. The van der Waals surface area contributed by atoms with Gasteiger partial charge in [-0.3, -0.25) is 4.79 Å². The molecule has 2 aromatic carbocycles. The monoisotopic (exact) mass is 370 g/mol. The molecule has 0 amide bonds. The van der Waals surface area contributed by atoms with Crippen LogP contribution in [0.15, 0.2) is 47.3 Å². The van der Waals surface area contributed by atoms with Crippen molar-refractivity contribution in [1.82, 2.24) is 9.88 Å². The van der Waals surface area contributed by atoms with E-state index in [1.165, 1.54) is 35.3 Å². The molecular formula is C21H23FN2OS. The second-order valence-electron chi connectivity index (χ2n) is 7.21. The van der Waals surface area contributed by atoms with Crippen LogP contribution in [-0.2, 0) is 12.8 Å². The predicted molar refractivity (Wildman–Crippen MR) is 105 cm³/mol. The second kappa shape index (κ2) is 7.72. The van der Waals surface area contributed by atoms with Crippen LogP contribution in [0.2, 0.25) is 0 Å². The maximum absolute atomic E-state index is 13.0. The van der Waals surface area contributed by atoms with E-state index in [1.54, 1.807) is 12.1 Å². The number of nitrogens with zero attached hydrogens (tertiary/aromatic N) is 1. The number of piperidine rings is 1. The van der Waals surface area contributed by atoms with Gasteiger partial charge in [-0.05, 0) is 80.1 Å². The number of fused-ring (bicyclic) bond motifs is 1. The fourth-order valence-electron chi connectivity index (χ4n) is 3.80. The number of halogens is 1. The van der Waals surface area contributed by atoms with Gasteiger partial charge in [0.25, 0.3) is 0 Å². The number of rotatable bonds is 5. The van der Waals surface area contributed by atoms with Crippen molar-refractivity contribution in [3.05, 3.63) is 69.1 Å². The van der Waals surface area contributed by atoms with Crippen molar-refractivity contribution in [2.75, 3.05) is 19.6 Å². The molecule has 0 aliphatic carbocycles. The van der Waals surface area contributed by atoms with Crippen LogP contribution in [0.5, 0.6) is 0 Å². The Kier molecular flexibility index (Phi) is 5.18. The highest BCUT2D eigenvalue weighted by Crippen LogP contribution is 2.22. The van der Waals surface area contributed by atoms with E-state index < -0.39 is 0 Å². The first-order valence-corrected chi connectivity index (χ1v) is 10.1. The maximum atomic E-state index is 13.0. The molecule has 136 valence electrons. The Morgan fingerprint density at radius 1 is 1.08 bits per heavy atom. The fraction of sp³-hybridized carbons (Fsp3) is 0.381. The summed E-state index contributed by atoms with van der Waals surface area (Å²) in [5, 5.41) is 0. The first-order chi connectivity index (χ1) is 12.7. The van der Waals surface area contributed by atoms with Gasteiger partial charge in [-0.1, -0.05) is 29.5 Å². The van der Waals surface area contributed by atoms with Crippen molar-refractivity contribution >= 4 is 21.6 Å². The summed E-state index contributed by atoms with van der Waals surface area (Å²) in [5.74, 6) is 0.541. The lowest BCUT2D eigenvalue weighted by Gasteiger charge is -2.32. The maximum Gasteiger partial charge on any atom is 0.305 e. The van der Waals surface area contributed by atoms with Gasteiger partial charge in [0.2, 0.25) is 0 Å². The molecule has 0 bridgehead atoms. The highest BCUT2D eigenvalue weighted by atomic mass is 32.1. The average molecular weight is 370 g/mol. The van der Waals surface area contributed by atoms with E-state index in [0.717, 1.165) is 42.7 Å². The van der Waals surface area contributed by atoms with Crippen LogP contribution in [0.3, 0.4) is 0 Å². The van der Waals surface area contributed by atoms with E-state index in [-0.39, 0.29) is 10.7 Å². The molecule has 1 aliphatic heterocycles. The Hall–Kier alpha value is -1.98. The summed E-state index contributed by atoms with van der Waals surface area (Å²) in [6.07, 6.45) is 4.48. The van der Waals surface area contributed by atoms with Gasteiger partial charge in [0.05, 0.1) is 10.2 Å². The van der Waals surface area contributed by atoms with Gasteiger partial charge in [-0.25, -0.2) is 4.39 Å². The molecule has 1 N–H and O–H groups in total. The number of nitrogens with one attached hydrogen (secondary N) is 1. The Balaban J connectivity index is 1.26. The van der Waals surface area contributed by atoms with Gasteiger partial charge in [-0.15, -0.1) is 0 Å². The summed E-state index contributed by atoms with van der Waals surface area (Å²) in [6.45, 7) is 3.32. The number of thiazole rings is 1. The van der Waals surface area contributed by atoms with Gasteiger partial charge in [-0.2, -0.15) is 0 Å². The van der Waals surface area contributed by atoms with E-state index in [1.807, 2.05) is 18.2 Å². The van der Waals surface area contributed by atoms with E-state index in [9.17, 15) is 9.18 Å². The second-order valence-corrected chi connectivity index (χ2v) is 8.23. The SMILES string of the molecule is O=c1[nH]c2ccc(CCN3CCC(Cc4ccc(F)cc4)CC3)cc2s1. The average Bonchev–Trinajstić information content (AvgIpc) is 3.02. The lowest BCUT2D eigenvalue weighted by molar-refractivity contribution is 0.186. The molecule has 0 atom stereocenters. The van der Waals surface area contributed by atoms with Gasteiger partial charge in [0.15, 0.2) is 0 Å². The lowest BCUT2D eigenvalue weighted by Crippen LogP contribution is -2.35. The number of hydrogen-bond acceptors (Lipinski definition) is 3. The van der Waals surface area contributed by atoms with Crippen LogP contribution in [0.1, 0.15) is 24.0 Å². The first kappa shape index (κ1) is 17.4. The van der Waals surface area contributed by atoms with E-state index >= 15 is 0 Å². The number of H-pyrrole nitrogens is 1. The largest absolute Gasteiger partial charge is 0.312 e. The van der Waals surface area contributed by atoms with Crippen LogP contribution in [-0.4, -0.2) is 29.5 Å². The minimum atomic E-state index is -0.159. The number of aromatic amines is 1. The van der Waals surface area contributed by atoms with Gasteiger partial charge < -0.3 is 9.88 Å². The summed E-state index contributed by atoms with van der Waals surface area (Å²) < 4.78 is 14.1. The quantitative estimate of drug-likeness (QED) is 0.730. The molecule has 0 saturated carbocycles. The minimum absolute atomic E-state index is 0.0142. The minimum Gasteiger partial charge on any atom is -0.312 e. The van der Waals surface area contributed by atoms with Crippen LogP contribution >= 0.6 is 11.3 Å². The molecule has 4 rings (SSSR count). The summed E-state index contributed by atoms with van der Waals surface area (Å²) >= 11 is 1.28. The molecule has 26 heavy (non-hydrogen) atoms. The molecule has 3 nitrogen and oxygen atoms in total. The molecule has 5 heteroatoms. The Bertz CT molecular complexity index is 923. The molecule has 1 aliphatic rings. The van der Waals surface area contributed by atoms with Crippen molar-refractivity contribution < 1.29 is 4.39 Å². The molecule has 0 unspecified atom stereocenters. The van der Waals surface area contributed by atoms with Crippen molar-refractivity contribution in [2.24, 2.45) is 5.92 Å². The highest BCUT2D eigenvalue weighted by molar-refractivity contribution is 7.16. The first-order valence-electron chi connectivity index (χ1n) is 9.24. The van der Waals surface area contributed by atoms with Gasteiger partial charge in [0, 0.05) is 6.54 Å². The van der Waals surface area contributed by atoms with Crippen LogP contribution < -0.4 is 4.87 Å². The molecule has 3 aromatic rings. The molecule has 0 radical (unpaired) electrons. The molecule has 1 saturated heterocycles. The van der Waals surface area contributed by atoms with Gasteiger partial charge >= 0.3 is 4.87 Å². The summed E-state index contributed by atoms with van der Waals surface area (Å²) in [7, 11) is 0. The number of benzene rings is 2. The smallest absolute Gasteiger partial charge is 0.305 e. The summed E-state index contributed by atoms with van der Waals surface area (Å²) in [4.78, 5) is 16.8. The van der Waals surface area contributed by atoms with Gasteiger partial charge in [0.1, 0.15) is 5.82 Å². The third-order valence-corrected chi connectivity index (χ3v) is 6.19. The topological polar surface area (TPSA) is 36.1 Å². The third kappa shape index (κ3) is 4.22. The van der Waals surface area contributed by atoms with E-state index in [0.29, 0.717) is 5.92 Å². The van der Waals surface area contributed by atoms with Crippen molar-refractivity contribution in [1.29, 1.82) is 0 Å². The Labute approximate surface area is 156 Å². The molecular weight excluding hydrogens is 347 g/mol. The van der Waals surface area contributed by atoms with Crippen molar-refractivity contribution in [2.45, 2.75) is 25.7 Å². The number of hydrogen-bond donors (Lipinski definition) is 1. The predicted octanol–water partition coefficient (Wildman–Crippen LogP) is 4.23. The molecule has 0 spiro atoms. The zero-order chi connectivity index (χ0) is 17.9. The Morgan fingerprint density at radius 3 is 2.58 bits per heavy atom. The number of aromatic nitrogens is 1.